The lowest BCUT2D eigenvalue weighted by Gasteiger charge is -2.23. The van der Waals surface area contributed by atoms with Crippen molar-refractivity contribution in [3.63, 3.8) is 0 Å². The van der Waals surface area contributed by atoms with Gasteiger partial charge in [0.25, 0.3) is 0 Å². The van der Waals surface area contributed by atoms with Crippen LogP contribution in [0.25, 0.3) is 10.2 Å². The Kier molecular flexibility index (Phi) is 2.72. The molecule has 0 saturated carbocycles. The van der Waals surface area contributed by atoms with Gasteiger partial charge in [-0.05, 0) is 31.2 Å². The Morgan fingerprint density at radius 3 is 3.29 bits per heavy atom. The number of aromatic nitrogens is 2. The van der Waals surface area contributed by atoms with Gasteiger partial charge in [-0.2, -0.15) is 0 Å². The van der Waals surface area contributed by atoms with Gasteiger partial charge in [0.2, 0.25) is 0 Å². The molecule has 1 saturated heterocycles. The summed E-state index contributed by atoms with van der Waals surface area (Å²) in [7, 11) is 0. The molecule has 17 heavy (non-hydrogen) atoms. The fourth-order valence-electron chi connectivity index (χ4n) is 2.16. The van der Waals surface area contributed by atoms with Gasteiger partial charge in [0.15, 0.2) is 0 Å². The predicted molar refractivity (Wildman–Crippen MR) is 69.5 cm³/mol. The third kappa shape index (κ3) is 2.12. The average molecular weight is 249 g/mol. The lowest BCUT2D eigenvalue weighted by atomic mass is 10.0. The van der Waals surface area contributed by atoms with Gasteiger partial charge in [-0.3, -0.25) is 0 Å². The molecule has 4 nitrogen and oxygen atoms in total. The van der Waals surface area contributed by atoms with Crippen molar-refractivity contribution < 1.29 is 4.74 Å². The van der Waals surface area contributed by atoms with Gasteiger partial charge in [-0.15, -0.1) is 11.3 Å². The molecule has 1 aliphatic rings. The minimum atomic E-state index is -0.0471. The van der Waals surface area contributed by atoms with Crippen molar-refractivity contribution in [1.82, 2.24) is 9.97 Å². The Bertz CT molecular complexity index is 519. The van der Waals surface area contributed by atoms with Crippen LogP contribution >= 0.6 is 11.3 Å². The summed E-state index contributed by atoms with van der Waals surface area (Å²) in [5.74, 6) is 0.918. The minimum absolute atomic E-state index is 0.0471. The maximum absolute atomic E-state index is 5.75. The number of thiophene rings is 1. The van der Waals surface area contributed by atoms with Gasteiger partial charge in [-0.25, -0.2) is 9.97 Å². The highest BCUT2D eigenvalue weighted by atomic mass is 32.1. The highest BCUT2D eigenvalue weighted by Gasteiger charge is 2.29. The van der Waals surface area contributed by atoms with Crippen LogP contribution in [-0.2, 0) is 4.74 Å². The molecular formula is C12H15N3OS. The fourth-order valence-corrected chi connectivity index (χ4v) is 2.97. The summed E-state index contributed by atoms with van der Waals surface area (Å²) < 4.78 is 6.87. The molecule has 1 N–H and O–H groups in total. The number of anilines is 1. The Morgan fingerprint density at radius 1 is 1.53 bits per heavy atom. The van der Waals surface area contributed by atoms with E-state index in [0.29, 0.717) is 0 Å². The van der Waals surface area contributed by atoms with Crippen LogP contribution in [0.5, 0.6) is 0 Å². The third-order valence-electron chi connectivity index (χ3n) is 3.17. The second-order valence-corrected chi connectivity index (χ2v) is 5.53. The fraction of sp³-hybridized carbons (Fsp3) is 0.500. The van der Waals surface area contributed by atoms with E-state index in [1.807, 2.05) is 11.4 Å². The van der Waals surface area contributed by atoms with E-state index in [-0.39, 0.29) is 5.60 Å². The van der Waals surface area contributed by atoms with Crippen LogP contribution < -0.4 is 5.32 Å². The number of nitrogens with zero attached hydrogens (tertiary/aromatic N) is 2. The highest BCUT2D eigenvalue weighted by molar-refractivity contribution is 7.17. The zero-order valence-corrected chi connectivity index (χ0v) is 10.6. The summed E-state index contributed by atoms with van der Waals surface area (Å²) in [5.41, 5.74) is 0.958. The van der Waals surface area contributed by atoms with E-state index < -0.39 is 0 Å². The van der Waals surface area contributed by atoms with Crippen molar-refractivity contribution in [1.29, 1.82) is 0 Å². The molecule has 0 bridgehead atoms. The zero-order chi connectivity index (χ0) is 11.7. The van der Waals surface area contributed by atoms with Gasteiger partial charge in [0.05, 0.1) is 15.8 Å². The molecule has 2 aromatic rings. The van der Waals surface area contributed by atoms with Crippen LogP contribution in [0.3, 0.4) is 0 Å². The lowest BCUT2D eigenvalue weighted by Crippen LogP contribution is -2.32. The number of ether oxygens (including phenoxy) is 1. The van der Waals surface area contributed by atoms with Crippen molar-refractivity contribution in [2.75, 3.05) is 18.5 Å². The summed E-state index contributed by atoms with van der Waals surface area (Å²) in [6.07, 6.45) is 3.87. The van der Waals surface area contributed by atoms with E-state index in [9.17, 15) is 0 Å². The zero-order valence-electron chi connectivity index (χ0n) is 9.77. The van der Waals surface area contributed by atoms with E-state index >= 15 is 0 Å². The van der Waals surface area contributed by atoms with Crippen molar-refractivity contribution in [3.8, 4) is 0 Å². The van der Waals surface area contributed by atoms with Crippen LogP contribution in [0, 0.1) is 0 Å². The monoisotopic (exact) mass is 249 g/mol. The summed E-state index contributed by atoms with van der Waals surface area (Å²) in [5, 5.41) is 5.43. The number of nitrogens with one attached hydrogen (secondary N) is 1. The Hall–Kier alpha value is -1.20. The number of fused-ring (bicyclic) bond motifs is 1. The summed E-state index contributed by atoms with van der Waals surface area (Å²) in [4.78, 5) is 8.53. The van der Waals surface area contributed by atoms with E-state index in [2.05, 4.69) is 22.2 Å². The Balaban J connectivity index is 1.78. The van der Waals surface area contributed by atoms with E-state index in [1.165, 1.54) is 0 Å². The molecule has 2 aromatic heterocycles. The standard InChI is InChI=1S/C12H15N3OS/c1-12(4-2-5-16-12)7-13-11-10-9(3-6-17-10)14-8-15-11/h3,6,8H,2,4-5,7H2,1H3,(H,13,14,15). The van der Waals surface area contributed by atoms with Crippen LogP contribution in [0.1, 0.15) is 19.8 Å². The average Bonchev–Trinajstić information content (AvgIpc) is 2.95. The van der Waals surface area contributed by atoms with Gasteiger partial charge >= 0.3 is 0 Å². The molecule has 1 aliphatic heterocycles. The maximum atomic E-state index is 5.75. The van der Waals surface area contributed by atoms with Gasteiger partial charge < -0.3 is 10.1 Å². The van der Waals surface area contributed by atoms with Crippen molar-refractivity contribution in [2.24, 2.45) is 0 Å². The molecule has 0 aromatic carbocycles. The molecule has 1 fully saturated rings. The van der Waals surface area contributed by atoms with Gasteiger partial charge in [0.1, 0.15) is 12.1 Å². The largest absolute Gasteiger partial charge is 0.373 e. The molecule has 0 aliphatic carbocycles. The maximum Gasteiger partial charge on any atom is 0.147 e. The first-order chi connectivity index (χ1) is 8.27. The number of hydrogen-bond donors (Lipinski definition) is 1. The van der Waals surface area contributed by atoms with Gasteiger partial charge in [-0.1, -0.05) is 0 Å². The van der Waals surface area contributed by atoms with Crippen LogP contribution in [-0.4, -0.2) is 28.7 Å². The lowest BCUT2D eigenvalue weighted by molar-refractivity contribution is 0.0315. The predicted octanol–water partition coefficient (Wildman–Crippen LogP) is 2.67. The van der Waals surface area contributed by atoms with Crippen molar-refractivity contribution in [2.45, 2.75) is 25.4 Å². The Morgan fingerprint density at radius 2 is 2.47 bits per heavy atom. The first kappa shape index (κ1) is 10.9. The number of hydrogen-bond acceptors (Lipinski definition) is 5. The van der Waals surface area contributed by atoms with E-state index in [0.717, 1.165) is 42.0 Å². The topological polar surface area (TPSA) is 47.0 Å². The smallest absolute Gasteiger partial charge is 0.147 e. The Labute approximate surface area is 104 Å². The minimum Gasteiger partial charge on any atom is -0.373 e. The molecule has 0 spiro atoms. The van der Waals surface area contributed by atoms with E-state index in [1.54, 1.807) is 17.7 Å². The number of rotatable bonds is 3. The molecular weight excluding hydrogens is 234 g/mol. The van der Waals surface area contributed by atoms with Gasteiger partial charge in [0, 0.05) is 13.2 Å². The second-order valence-electron chi connectivity index (χ2n) is 4.61. The quantitative estimate of drug-likeness (QED) is 0.908. The highest BCUT2D eigenvalue weighted by Crippen LogP contribution is 2.28. The summed E-state index contributed by atoms with van der Waals surface area (Å²) in [6, 6.07) is 2.01. The normalized spacial score (nSPS) is 24.3. The molecule has 1 atom stereocenters. The summed E-state index contributed by atoms with van der Waals surface area (Å²) >= 11 is 1.67. The molecule has 0 radical (unpaired) electrons. The molecule has 1 unspecified atom stereocenters. The molecule has 3 heterocycles. The van der Waals surface area contributed by atoms with Crippen molar-refractivity contribution >= 4 is 27.4 Å². The van der Waals surface area contributed by atoms with Crippen LogP contribution in [0.2, 0.25) is 0 Å². The summed E-state index contributed by atoms with van der Waals surface area (Å²) in [6.45, 7) is 3.83. The van der Waals surface area contributed by atoms with Crippen molar-refractivity contribution in [3.05, 3.63) is 17.8 Å². The molecule has 90 valence electrons. The van der Waals surface area contributed by atoms with Crippen LogP contribution in [0.15, 0.2) is 17.8 Å². The first-order valence-electron chi connectivity index (χ1n) is 5.83. The van der Waals surface area contributed by atoms with Crippen LogP contribution in [0.4, 0.5) is 5.82 Å². The first-order valence-corrected chi connectivity index (χ1v) is 6.71. The van der Waals surface area contributed by atoms with E-state index in [4.69, 9.17) is 4.74 Å². The second kappa shape index (κ2) is 4.23. The SMILES string of the molecule is CC1(CNc2ncnc3ccsc23)CCCO1. The molecule has 0 amide bonds. The third-order valence-corrected chi connectivity index (χ3v) is 4.08. The molecule has 3 rings (SSSR count). The molecule has 5 heteroatoms.